The molecule has 0 aromatic carbocycles. The number of hydrogen-bond acceptors (Lipinski definition) is 5. The maximum atomic E-state index is 4.62. The van der Waals surface area contributed by atoms with Crippen LogP contribution in [0.2, 0.25) is 0 Å². The minimum absolute atomic E-state index is 0.799. The van der Waals surface area contributed by atoms with Gasteiger partial charge in [0.05, 0.1) is 10.4 Å². The zero-order chi connectivity index (χ0) is 11.0. The minimum Gasteiger partial charge on any atom is -0.373 e. The topological polar surface area (TPSA) is 50.7 Å². The van der Waals surface area contributed by atoms with Crippen LogP contribution in [0.4, 0.5) is 5.82 Å². The Morgan fingerprint density at radius 3 is 3.00 bits per heavy atom. The van der Waals surface area contributed by atoms with Crippen molar-refractivity contribution in [1.29, 1.82) is 0 Å². The lowest BCUT2D eigenvalue weighted by atomic mass is 10.2. The Labute approximate surface area is 97.8 Å². The summed E-state index contributed by atoms with van der Waals surface area (Å²) in [5.41, 5.74) is 4.30. The van der Waals surface area contributed by atoms with Gasteiger partial charge in [0, 0.05) is 24.5 Å². The Kier molecular flexibility index (Phi) is 2.32. The molecule has 0 radical (unpaired) electrons. The van der Waals surface area contributed by atoms with Gasteiger partial charge in [-0.1, -0.05) is 0 Å². The normalized spacial score (nSPS) is 13.8. The number of aromatic nitrogens is 3. The van der Waals surface area contributed by atoms with E-state index in [1.807, 2.05) is 18.8 Å². The van der Waals surface area contributed by atoms with Crippen molar-refractivity contribution < 1.29 is 0 Å². The van der Waals surface area contributed by atoms with Gasteiger partial charge in [-0.3, -0.25) is 4.98 Å². The average Bonchev–Trinajstić information content (AvgIpc) is 2.97. The summed E-state index contributed by atoms with van der Waals surface area (Å²) in [6.07, 6.45) is 5.17. The molecule has 0 atom stereocenters. The van der Waals surface area contributed by atoms with Crippen LogP contribution in [0.1, 0.15) is 17.7 Å². The second kappa shape index (κ2) is 3.83. The molecule has 16 heavy (non-hydrogen) atoms. The molecule has 0 bridgehead atoms. The molecule has 5 heteroatoms. The van der Waals surface area contributed by atoms with Crippen LogP contribution in [0.15, 0.2) is 11.7 Å². The van der Waals surface area contributed by atoms with Crippen molar-refractivity contribution in [1.82, 2.24) is 15.0 Å². The number of hydrogen-bond donors (Lipinski definition) is 1. The van der Waals surface area contributed by atoms with Gasteiger partial charge in [0.1, 0.15) is 5.82 Å². The Hall–Kier alpha value is -1.49. The third kappa shape index (κ3) is 1.48. The molecule has 2 heterocycles. The van der Waals surface area contributed by atoms with E-state index in [4.69, 9.17) is 0 Å². The molecule has 2 aromatic heterocycles. The molecule has 1 N–H and O–H groups in total. The summed E-state index contributed by atoms with van der Waals surface area (Å²) in [6.45, 7) is 0. The maximum Gasteiger partial charge on any atom is 0.173 e. The van der Waals surface area contributed by atoms with Gasteiger partial charge in [0.25, 0.3) is 0 Å². The Balaban J connectivity index is 2.15. The number of nitrogens with one attached hydrogen (secondary N) is 1. The third-order valence-corrected chi connectivity index (χ3v) is 3.59. The van der Waals surface area contributed by atoms with Gasteiger partial charge in [-0.05, 0) is 19.3 Å². The molecule has 0 saturated heterocycles. The molecule has 1 aliphatic rings. The van der Waals surface area contributed by atoms with E-state index in [1.54, 1.807) is 11.3 Å². The molecule has 2 aromatic rings. The maximum absolute atomic E-state index is 4.62. The number of nitrogens with zero attached hydrogens (tertiary/aromatic N) is 3. The quantitative estimate of drug-likeness (QED) is 0.861. The molecule has 0 saturated carbocycles. The van der Waals surface area contributed by atoms with Crippen LogP contribution >= 0.6 is 11.3 Å². The summed E-state index contributed by atoms with van der Waals surface area (Å²) >= 11 is 1.58. The van der Waals surface area contributed by atoms with Gasteiger partial charge in [-0.15, -0.1) is 11.3 Å². The first-order chi connectivity index (χ1) is 7.88. The van der Waals surface area contributed by atoms with E-state index < -0.39 is 0 Å². The monoisotopic (exact) mass is 232 g/mol. The fourth-order valence-electron chi connectivity index (χ4n) is 2.08. The van der Waals surface area contributed by atoms with Crippen molar-refractivity contribution in [2.75, 3.05) is 12.4 Å². The number of anilines is 1. The molecule has 0 aliphatic heterocycles. The fraction of sp³-hybridized carbons (Fsp3) is 0.364. The molecule has 82 valence electrons. The van der Waals surface area contributed by atoms with Gasteiger partial charge >= 0.3 is 0 Å². The molecule has 0 unspecified atom stereocenters. The highest BCUT2D eigenvalue weighted by Crippen LogP contribution is 2.29. The summed E-state index contributed by atoms with van der Waals surface area (Å²) < 4.78 is 0. The largest absolute Gasteiger partial charge is 0.373 e. The average molecular weight is 232 g/mol. The summed E-state index contributed by atoms with van der Waals surface area (Å²) in [6, 6.07) is 0. The molecular weight excluding hydrogens is 220 g/mol. The smallest absolute Gasteiger partial charge is 0.173 e. The van der Waals surface area contributed by atoms with Crippen LogP contribution in [0, 0.1) is 0 Å². The number of fused-ring (bicyclic) bond motifs is 1. The molecule has 0 amide bonds. The summed E-state index contributed by atoms with van der Waals surface area (Å²) in [7, 11) is 1.91. The van der Waals surface area contributed by atoms with E-state index in [-0.39, 0.29) is 0 Å². The van der Waals surface area contributed by atoms with Crippen molar-refractivity contribution in [2.45, 2.75) is 19.3 Å². The lowest BCUT2D eigenvalue weighted by Gasteiger charge is -2.07. The zero-order valence-electron chi connectivity index (χ0n) is 9.03. The van der Waals surface area contributed by atoms with Crippen LogP contribution in [-0.4, -0.2) is 22.0 Å². The van der Waals surface area contributed by atoms with E-state index in [9.17, 15) is 0 Å². The van der Waals surface area contributed by atoms with Gasteiger partial charge in [0.2, 0.25) is 0 Å². The number of aryl methyl sites for hydroxylation is 1. The Morgan fingerprint density at radius 2 is 2.25 bits per heavy atom. The predicted octanol–water partition coefficient (Wildman–Crippen LogP) is 2.13. The van der Waals surface area contributed by atoms with Crippen molar-refractivity contribution in [3.63, 3.8) is 0 Å². The van der Waals surface area contributed by atoms with Gasteiger partial charge in [-0.25, -0.2) is 9.97 Å². The van der Waals surface area contributed by atoms with Gasteiger partial charge < -0.3 is 5.32 Å². The second-order valence-corrected chi connectivity index (χ2v) is 4.68. The molecule has 0 fully saturated rings. The summed E-state index contributed by atoms with van der Waals surface area (Å²) in [4.78, 5) is 14.3. The van der Waals surface area contributed by atoms with Crippen LogP contribution in [0.5, 0.6) is 0 Å². The number of rotatable bonds is 2. The van der Waals surface area contributed by atoms with Crippen molar-refractivity contribution in [2.24, 2.45) is 0 Å². The van der Waals surface area contributed by atoms with Crippen molar-refractivity contribution in [3.05, 3.63) is 23.0 Å². The lowest BCUT2D eigenvalue weighted by Crippen LogP contribution is -2.02. The molecule has 1 aliphatic carbocycles. The fourth-order valence-corrected chi connectivity index (χ4v) is 2.63. The molecule has 0 spiro atoms. The first-order valence-corrected chi connectivity index (χ1v) is 6.23. The summed E-state index contributed by atoms with van der Waals surface area (Å²) in [5.74, 6) is 1.78. The van der Waals surface area contributed by atoms with Gasteiger partial charge in [0.15, 0.2) is 5.82 Å². The van der Waals surface area contributed by atoms with Crippen LogP contribution in [0.3, 0.4) is 0 Å². The van der Waals surface area contributed by atoms with Gasteiger partial charge in [-0.2, -0.15) is 0 Å². The van der Waals surface area contributed by atoms with E-state index >= 15 is 0 Å². The highest BCUT2D eigenvalue weighted by Gasteiger charge is 2.19. The van der Waals surface area contributed by atoms with E-state index in [0.29, 0.717) is 0 Å². The lowest BCUT2D eigenvalue weighted by molar-refractivity contribution is 0.900. The highest BCUT2D eigenvalue weighted by molar-refractivity contribution is 7.13. The minimum atomic E-state index is 0.799. The summed E-state index contributed by atoms with van der Waals surface area (Å²) in [5, 5.41) is 3.16. The highest BCUT2D eigenvalue weighted by atomic mass is 32.1. The first-order valence-electron chi connectivity index (χ1n) is 5.35. The Morgan fingerprint density at radius 1 is 1.31 bits per heavy atom. The SMILES string of the molecule is CNc1nc(-c2cncs2)nc2c1CCC2. The Bertz CT molecular complexity index is 507. The standard InChI is InChI=1S/C11H12N4S/c1-12-10-7-3-2-4-8(7)14-11(15-10)9-5-13-6-16-9/h5-6H,2-4H2,1H3,(H,12,14,15). The van der Waals surface area contributed by atoms with Crippen LogP contribution < -0.4 is 5.32 Å². The first kappa shape index (κ1) is 9.72. The predicted molar refractivity (Wildman–Crippen MR) is 64.7 cm³/mol. The van der Waals surface area contributed by atoms with Crippen LogP contribution in [-0.2, 0) is 12.8 Å². The van der Waals surface area contributed by atoms with Crippen molar-refractivity contribution >= 4 is 17.2 Å². The van der Waals surface area contributed by atoms with E-state index in [0.717, 1.165) is 29.4 Å². The van der Waals surface area contributed by atoms with Crippen molar-refractivity contribution in [3.8, 4) is 10.7 Å². The number of thiazole rings is 1. The second-order valence-electron chi connectivity index (χ2n) is 3.79. The zero-order valence-corrected chi connectivity index (χ0v) is 9.84. The molecular formula is C11H12N4S. The molecule has 3 rings (SSSR count). The van der Waals surface area contributed by atoms with E-state index in [1.165, 1.54) is 17.7 Å². The molecule has 4 nitrogen and oxygen atoms in total. The van der Waals surface area contributed by atoms with Crippen LogP contribution in [0.25, 0.3) is 10.7 Å². The third-order valence-electron chi connectivity index (χ3n) is 2.82. The van der Waals surface area contributed by atoms with E-state index in [2.05, 4.69) is 20.3 Å².